The van der Waals surface area contributed by atoms with Crippen LogP contribution in [-0.2, 0) is 16.0 Å². The van der Waals surface area contributed by atoms with E-state index in [9.17, 15) is 9.59 Å². The number of benzene rings is 2. The Balaban J connectivity index is 1.99. The number of aryl methyl sites for hydroxylation is 1. The van der Waals surface area contributed by atoms with Crippen LogP contribution in [0.2, 0.25) is 0 Å². The number of rotatable bonds is 6. The first kappa shape index (κ1) is 19.0. The lowest BCUT2D eigenvalue weighted by atomic mass is 10.1. The van der Waals surface area contributed by atoms with Crippen molar-refractivity contribution in [2.24, 2.45) is 0 Å². The van der Waals surface area contributed by atoms with Crippen molar-refractivity contribution in [1.29, 1.82) is 0 Å². The minimum atomic E-state index is -0.140. The Hall–Kier alpha value is -2.34. The van der Waals surface area contributed by atoms with Gasteiger partial charge >= 0.3 is 0 Å². The second-order valence-corrected chi connectivity index (χ2v) is 6.90. The molecule has 2 amide bonds. The predicted molar refractivity (Wildman–Crippen MR) is 105 cm³/mol. The Labute approximate surface area is 156 Å². The van der Waals surface area contributed by atoms with Gasteiger partial charge in [0.05, 0.1) is 13.0 Å². The fourth-order valence-corrected chi connectivity index (χ4v) is 2.78. The van der Waals surface area contributed by atoms with Crippen LogP contribution in [0.3, 0.4) is 0 Å². The molecule has 25 heavy (non-hydrogen) atoms. The van der Waals surface area contributed by atoms with Crippen LogP contribution < -0.4 is 10.6 Å². The van der Waals surface area contributed by atoms with Crippen molar-refractivity contribution < 1.29 is 9.59 Å². The second kappa shape index (κ2) is 8.67. The topological polar surface area (TPSA) is 61.4 Å². The smallest absolute Gasteiger partial charge is 0.243 e. The molecule has 132 valence electrons. The van der Waals surface area contributed by atoms with Crippen LogP contribution in [-0.4, -0.2) is 37.4 Å². The lowest BCUT2D eigenvalue weighted by molar-refractivity contribution is -0.127. The number of halogens is 1. The van der Waals surface area contributed by atoms with Gasteiger partial charge in [-0.3, -0.25) is 9.59 Å². The highest BCUT2D eigenvalue weighted by Gasteiger charge is 2.11. The average Bonchev–Trinajstić information content (AvgIpc) is 2.56. The molecule has 0 aliphatic carbocycles. The molecule has 6 heteroatoms. The lowest BCUT2D eigenvalue weighted by Crippen LogP contribution is -2.25. The summed E-state index contributed by atoms with van der Waals surface area (Å²) in [5.41, 5.74) is 3.43. The molecule has 5 nitrogen and oxygen atoms in total. The van der Waals surface area contributed by atoms with Gasteiger partial charge in [-0.05, 0) is 42.3 Å². The quantitative estimate of drug-likeness (QED) is 0.776. The molecular weight excluding hydrogens is 382 g/mol. The molecule has 0 spiro atoms. The summed E-state index contributed by atoms with van der Waals surface area (Å²) in [7, 11) is 3.46. The number of nitrogens with zero attached hydrogens (tertiary/aromatic N) is 1. The summed E-state index contributed by atoms with van der Waals surface area (Å²) in [5.74, 6) is -0.122. The molecule has 0 radical (unpaired) electrons. The fourth-order valence-electron chi connectivity index (χ4n) is 2.31. The minimum absolute atomic E-state index is 0.0178. The van der Waals surface area contributed by atoms with Gasteiger partial charge in [0.2, 0.25) is 11.8 Å². The van der Waals surface area contributed by atoms with Crippen molar-refractivity contribution in [2.45, 2.75) is 13.3 Å². The maximum absolute atomic E-state index is 12.2. The first-order valence-electron chi connectivity index (χ1n) is 7.94. The number of hydrogen-bond donors (Lipinski definition) is 2. The Morgan fingerprint density at radius 2 is 1.80 bits per heavy atom. The number of amides is 2. The van der Waals surface area contributed by atoms with Gasteiger partial charge in [0.15, 0.2) is 0 Å². The number of nitrogens with one attached hydrogen (secondary N) is 2. The second-order valence-electron chi connectivity index (χ2n) is 5.98. The van der Waals surface area contributed by atoms with E-state index < -0.39 is 0 Å². The lowest BCUT2D eigenvalue weighted by Gasteiger charge is -2.15. The summed E-state index contributed by atoms with van der Waals surface area (Å²) in [6.07, 6.45) is 0.295. The van der Waals surface area contributed by atoms with Crippen LogP contribution in [0.15, 0.2) is 46.9 Å². The molecule has 0 heterocycles. The number of carbonyl (C=O) groups excluding carboxylic acids is 2. The van der Waals surface area contributed by atoms with Gasteiger partial charge in [0.1, 0.15) is 0 Å². The Bertz CT molecular complexity index is 775. The van der Waals surface area contributed by atoms with E-state index in [2.05, 4.69) is 26.6 Å². The molecule has 2 aromatic rings. The standard InChI is InChI=1S/C19H22BrN3O2/c1-13-10-15(20)8-9-16(13)22-18(24)12-21-17-7-5-4-6-14(17)11-19(25)23(2)3/h4-10,21H,11-12H2,1-3H3,(H,22,24). The molecule has 0 bridgehead atoms. The highest BCUT2D eigenvalue weighted by atomic mass is 79.9. The summed E-state index contributed by atoms with van der Waals surface area (Å²) in [5, 5.41) is 6.01. The van der Waals surface area contributed by atoms with E-state index in [0.717, 1.165) is 27.0 Å². The highest BCUT2D eigenvalue weighted by Crippen LogP contribution is 2.20. The molecular formula is C19H22BrN3O2. The normalized spacial score (nSPS) is 10.2. The third-order valence-electron chi connectivity index (χ3n) is 3.76. The Morgan fingerprint density at radius 3 is 2.48 bits per heavy atom. The van der Waals surface area contributed by atoms with Crippen molar-refractivity contribution >= 4 is 39.1 Å². The van der Waals surface area contributed by atoms with Gasteiger partial charge in [-0.15, -0.1) is 0 Å². The van der Waals surface area contributed by atoms with Gasteiger partial charge in [0, 0.05) is 29.9 Å². The molecule has 0 aromatic heterocycles. The SMILES string of the molecule is Cc1cc(Br)ccc1NC(=O)CNc1ccccc1CC(=O)N(C)C. The average molecular weight is 404 g/mol. The van der Waals surface area contributed by atoms with E-state index in [0.29, 0.717) is 6.42 Å². The molecule has 2 rings (SSSR count). The minimum Gasteiger partial charge on any atom is -0.376 e. The van der Waals surface area contributed by atoms with E-state index in [1.807, 2.05) is 49.4 Å². The molecule has 0 aliphatic rings. The van der Waals surface area contributed by atoms with Crippen molar-refractivity contribution in [3.8, 4) is 0 Å². The summed E-state index contributed by atoms with van der Waals surface area (Å²) >= 11 is 3.41. The maximum atomic E-state index is 12.2. The van der Waals surface area contributed by atoms with E-state index >= 15 is 0 Å². The molecule has 0 atom stereocenters. The number of hydrogen-bond acceptors (Lipinski definition) is 3. The monoisotopic (exact) mass is 403 g/mol. The Morgan fingerprint density at radius 1 is 1.08 bits per heavy atom. The maximum Gasteiger partial charge on any atom is 0.243 e. The first-order chi connectivity index (χ1) is 11.9. The van der Waals surface area contributed by atoms with E-state index in [4.69, 9.17) is 0 Å². The number of para-hydroxylation sites is 1. The van der Waals surface area contributed by atoms with Crippen LogP contribution >= 0.6 is 15.9 Å². The van der Waals surface area contributed by atoms with Crippen molar-refractivity contribution in [3.63, 3.8) is 0 Å². The molecule has 0 fully saturated rings. The van der Waals surface area contributed by atoms with E-state index in [1.54, 1.807) is 19.0 Å². The van der Waals surface area contributed by atoms with Gasteiger partial charge in [-0.25, -0.2) is 0 Å². The number of carbonyl (C=O) groups is 2. The fraction of sp³-hybridized carbons (Fsp3) is 0.263. The molecule has 2 aromatic carbocycles. The number of likely N-dealkylation sites (N-methyl/N-ethyl adjacent to an activating group) is 1. The van der Waals surface area contributed by atoms with Crippen molar-refractivity contribution in [3.05, 3.63) is 58.1 Å². The first-order valence-corrected chi connectivity index (χ1v) is 8.74. The largest absolute Gasteiger partial charge is 0.376 e. The molecule has 2 N–H and O–H groups in total. The zero-order chi connectivity index (χ0) is 18.4. The summed E-state index contributed by atoms with van der Waals surface area (Å²) in [4.78, 5) is 25.7. The molecule has 0 aliphatic heterocycles. The van der Waals surface area contributed by atoms with Crippen LogP contribution in [0.25, 0.3) is 0 Å². The van der Waals surface area contributed by atoms with E-state index in [1.165, 1.54) is 0 Å². The van der Waals surface area contributed by atoms with Gasteiger partial charge in [-0.1, -0.05) is 34.1 Å². The molecule has 0 saturated heterocycles. The number of anilines is 2. The van der Waals surface area contributed by atoms with Crippen molar-refractivity contribution in [1.82, 2.24) is 4.90 Å². The van der Waals surface area contributed by atoms with Gasteiger partial charge in [-0.2, -0.15) is 0 Å². The summed E-state index contributed by atoms with van der Waals surface area (Å²) in [6, 6.07) is 13.2. The summed E-state index contributed by atoms with van der Waals surface area (Å²) < 4.78 is 0.973. The zero-order valence-electron chi connectivity index (χ0n) is 14.6. The summed E-state index contributed by atoms with van der Waals surface area (Å²) in [6.45, 7) is 2.07. The molecule has 0 unspecified atom stereocenters. The molecule has 0 saturated carbocycles. The van der Waals surface area contributed by atoms with E-state index in [-0.39, 0.29) is 18.4 Å². The Kier molecular flexibility index (Phi) is 6.58. The third-order valence-corrected chi connectivity index (χ3v) is 4.25. The van der Waals surface area contributed by atoms with Crippen LogP contribution in [0.1, 0.15) is 11.1 Å². The third kappa shape index (κ3) is 5.60. The predicted octanol–water partition coefficient (Wildman–Crippen LogP) is 3.44. The van der Waals surface area contributed by atoms with Gasteiger partial charge < -0.3 is 15.5 Å². The van der Waals surface area contributed by atoms with Crippen LogP contribution in [0, 0.1) is 6.92 Å². The van der Waals surface area contributed by atoms with Crippen LogP contribution in [0.5, 0.6) is 0 Å². The van der Waals surface area contributed by atoms with Gasteiger partial charge in [0.25, 0.3) is 0 Å². The highest BCUT2D eigenvalue weighted by molar-refractivity contribution is 9.10. The van der Waals surface area contributed by atoms with Crippen molar-refractivity contribution in [2.75, 3.05) is 31.3 Å². The van der Waals surface area contributed by atoms with Crippen LogP contribution in [0.4, 0.5) is 11.4 Å². The zero-order valence-corrected chi connectivity index (χ0v) is 16.2.